The van der Waals surface area contributed by atoms with Gasteiger partial charge in [0.05, 0.1) is 27.3 Å². The number of fused-ring (bicyclic) bond motifs is 1. The van der Waals surface area contributed by atoms with Crippen molar-refractivity contribution in [3.63, 3.8) is 0 Å². The summed E-state index contributed by atoms with van der Waals surface area (Å²) >= 11 is 0. The summed E-state index contributed by atoms with van der Waals surface area (Å²) in [4.78, 5) is 9.52. The molecule has 7 heteroatoms. The fourth-order valence-corrected chi connectivity index (χ4v) is 2.17. The molecule has 0 atom stereocenters. The zero-order valence-corrected chi connectivity index (χ0v) is 11.7. The zero-order valence-electron chi connectivity index (χ0n) is 11.7. The molecule has 1 fully saturated rings. The Hall–Kier alpha value is -2.15. The molecule has 20 heavy (non-hydrogen) atoms. The van der Waals surface area contributed by atoms with Crippen LogP contribution in [0, 0.1) is 0 Å². The van der Waals surface area contributed by atoms with Gasteiger partial charge in [-0.15, -0.1) is 5.10 Å². The molecule has 1 aliphatic heterocycles. The number of para-hydroxylation sites is 1. The summed E-state index contributed by atoms with van der Waals surface area (Å²) in [5.74, 6) is 0. The van der Waals surface area contributed by atoms with Crippen LogP contribution in [0.2, 0.25) is 0 Å². The smallest absolute Gasteiger partial charge is 0.373 e. The number of rotatable bonds is 1. The van der Waals surface area contributed by atoms with Crippen molar-refractivity contribution < 1.29 is 14.1 Å². The van der Waals surface area contributed by atoms with Crippen molar-refractivity contribution in [2.24, 2.45) is 0 Å². The molecule has 0 aliphatic carbocycles. The molecule has 1 aromatic heterocycles. The van der Waals surface area contributed by atoms with Crippen LogP contribution in [-0.4, -0.2) is 71.1 Å². The van der Waals surface area contributed by atoms with E-state index in [0.29, 0.717) is 13.2 Å². The van der Waals surface area contributed by atoms with Crippen molar-refractivity contribution in [3.05, 3.63) is 24.3 Å². The lowest BCUT2D eigenvalue weighted by Crippen LogP contribution is -2.48. The molecular formula is C13H18N5O2+. The van der Waals surface area contributed by atoms with Gasteiger partial charge in [-0.1, -0.05) is 17.0 Å². The summed E-state index contributed by atoms with van der Waals surface area (Å²) in [5.41, 5.74) is 1.66. The largest absolute Gasteiger partial charge is 0.472 e. The minimum absolute atomic E-state index is 0.707. The second kappa shape index (κ2) is 5.46. The molecule has 0 radical (unpaired) electrons. The van der Waals surface area contributed by atoms with Gasteiger partial charge in [-0.05, 0) is 17.3 Å². The molecule has 0 N–H and O–H groups in total. The first-order chi connectivity index (χ1) is 9.75. The highest BCUT2D eigenvalue weighted by Gasteiger charge is 2.27. The third-order valence-electron chi connectivity index (χ3n) is 3.15. The van der Waals surface area contributed by atoms with Crippen LogP contribution in [0.15, 0.2) is 24.3 Å². The first kappa shape index (κ1) is 12.9. The Morgan fingerprint density at radius 1 is 1.25 bits per heavy atom. The molecule has 0 amide bonds. The van der Waals surface area contributed by atoms with Gasteiger partial charge in [-0.3, -0.25) is 4.84 Å². The molecule has 2 aromatic rings. The standard InChI is InChI=1S/C13H18N5O2/c1-16(2)13(17-7-9-19-10-8-17)20-18-12-6-4-3-5-11(12)14-15-18/h3-6H,7-10H2,1-2H3/q+1. The number of ether oxygens (including phenoxy) is 1. The van der Waals surface area contributed by atoms with Gasteiger partial charge in [0.2, 0.25) is 0 Å². The fourth-order valence-electron chi connectivity index (χ4n) is 2.17. The van der Waals surface area contributed by atoms with Crippen molar-refractivity contribution >= 4 is 17.1 Å². The van der Waals surface area contributed by atoms with Gasteiger partial charge in [-0.25, -0.2) is 9.48 Å². The Morgan fingerprint density at radius 3 is 2.75 bits per heavy atom. The van der Waals surface area contributed by atoms with E-state index in [2.05, 4.69) is 15.2 Å². The van der Waals surface area contributed by atoms with E-state index < -0.39 is 0 Å². The molecule has 0 bridgehead atoms. The monoisotopic (exact) mass is 276 g/mol. The van der Waals surface area contributed by atoms with Crippen LogP contribution >= 0.6 is 0 Å². The minimum Gasteiger partial charge on any atom is -0.373 e. The SMILES string of the molecule is C[N+](C)=C(On1nnc2ccccc21)N1CCOCC1. The van der Waals surface area contributed by atoms with Crippen molar-refractivity contribution in [3.8, 4) is 0 Å². The van der Waals surface area contributed by atoms with Crippen LogP contribution in [-0.2, 0) is 4.74 Å². The van der Waals surface area contributed by atoms with Crippen molar-refractivity contribution in [1.29, 1.82) is 0 Å². The third kappa shape index (κ3) is 2.44. The molecule has 3 rings (SSSR count). The second-order valence-corrected chi connectivity index (χ2v) is 4.82. The summed E-state index contributed by atoms with van der Waals surface area (Å²) in [5, 5.41) is 8.14. The van der Waals surface area contributed by atoms with E-state index in [9.17, 15) is 0 Å². The Bertz CT molecular complexity index is 626. The van der Waals surface area contributed by atoms with Crippen molar-refractivity contribution in [2.45, 2.75) is 0 Å². The van der Waals surface area contributed by atoms with E-state index in [-0.39, 0.29) is 0 Å². The fraction of sp³-hybridized carbons (Fsp3) is 0.462. The predicted octanol–water partition coefficient (Wildman–Crippen LogP) is -0.180. The van der Waals surface area contributed by atoms with Gasteiger partial charge >= 0.3 is 6.02 Å². The number of morpholine rings is 1. The van der Waals surface area contributed by atoms with E-state index in [1.54, 1.807) is 0 Å². The normalized spacial score (nSPS) is 15.4. The minimum atomic E-state index is 0.707. The van der Waals surface area contributed by atoms with Crippen molar-refractivity contribution in [2.75, 3.05) is 40.4 Å². The number of hydrogen-bond acceptors (Lipinski definition) is 4. The summed E-state index contributed by atoms with van der Waals surface area (Å²) < 4.78 is 7.30. The van der Waals surface area contributed by atoms with E-state index in [0.717, 1.165) is 30.1 Å². The van der Waals surface area contributed by atoms with Gasteiger partial charge in [-0.2, -0.15) is 0 Å². The molecule has 0 saturated carbocycles. The first-order valence-corrected chi connectivity index (χ1v) is 6.61. The Kier molecular flexibility index (Phi) is 3.51. The highest BCUT2D eigenvalue weighted by Crippen LogP contribution is 2.08. The maximum absolute atomic E-state index is 5.92. The van der Waals surface area contributed by atoms with Crippen LogP contribution in [0.4, 0.5) is 0 Å². The van der Waals surface area contributed by atoms with Gasteiger partial charge in [0, 0.05) is 0 Å². The van der Waals surface area contributed by atoms with Gasteiger partial charge in [0.25, 0.3) is 0 Å². The van der Waals surface area contributed by atoms with E-state index >= 15 is 0 Å². The second-order valence-electron chi connectivity index (χ2n) is 4.82. The number of aromatic nitrogens is 3. The van der Waals surface area contributed by atoms with E-state index in [4.69, 9.17) is 9.57 Å². The molecule has 1 aliphatic rings. The Labute approximate surface area is 117 Å². The summed E-state index contributed by atoms with van der Waals surface area (Å²) in [6.45, 7) is 3.03. The molecule has 1 saturated heterocycles. The summed E-state index contributed by atoms with van der Waals surface area (Å²) in [6.07, 6.45) is 0. The van der Waals surface area contributed by atoms with Crippen LogP contribution in [0.5, 0.6) is 0 Å². The van der Waals surface area contributed by atoms with E-state index in [1.165, 1.54) is 4.85 Å². The highest BCUT2D eigenvalue weighted by atomic mass is 16.7. The Balaban J connectivity index is 1.88. The average Bonchev–Trinajstić information content (AvgIpc) is 2.88. The van der Waals surface area contributed by atoms with Gasteiger partial charge in [0.1, 0.15) is 24.1 Å². The average molecular weight is 276 g/mol. The predicted molar refractivity (Wildman–Crippen MR) is 73.6 cm³/mol. The quantitative estimate of drug-likeness (QED) is 0.411. The van der Waals surface area contributed by atoms with Gasteiger partial charge in [0.15, 0.2) is 0 Å². The van der Waals surface area contributed by atoms with Crippen molar-refractivity contribution in [1.82, 2.24) is 20.1 Å². The molecule has 2 heterocycles. The van der Waals surface area contributed by atoms with Crippen LogP contribution in [0.1, 0.15) is 0 Å². The molecule has 0 unspecified atom stereocenters. The van der Waals surface area contributed by atoms with Crippen LogP contribution in [0.25, 0.3) is 11.0 Å². The lowest BCUT2D eigenvalue weighted by molar-refractivity contribution is -0.481. The van der Waals surface area contributed by atoms with Crippen LogP contribution in [0.3, 0.4) is 0 Å². The lowest BCUT2D eigenvalue weighted by atomic mass is 10.3. The maximum Gasteiger partial charge on any atom is 0.472 e. The number of amidine groups is 1. The number of hydrogen-bond donors (Lipinski definition) is 0. The van der Waals surface area contributed by atoms with Crippen LogP contribution < -0.4 is 4.84 Å². The van der Waals surface area contributed by atoms with E-state index in [1.807, 2.05) is 42.9 Å². The first-order valence-electron chi connectivity index (χ1n) is 6.61. The molecule has 0 spiro atoms. The topological polar surface area (TPSA) is 55.4 Å². The maximum atomic E-state index is 5.92. The summed E-state index contributed by atoms with van der Waals surface area (Å²) in [7, 11) is 3.90. The number of benzene rings is 1. The van der Waals surface area contributed by atoms with Gasteiger partial charge < -0.3 is 4.74 Å². The third-order valence-corrected chi connectivity index (χ3v) is 3.15. The molecule has 106 valence electrons. The zero-order chi connectivity index (χ0) is 13.9. The highest BCUT2D eigenvalue weighted by molar-refractivity contribution is 5.75. The number of nitrogens with zero attached hydrogens (tertiary/aromatic N) is 5. The Morgan fingerprint density at radius 2 is 2.00 bits per heavy atom. The lowest BCUT2D eigenvalue weighted by Gasteiger charge is -2.22. The molecule has 7 nitrogen and oxygen atoms in total. The molecule has 1 aromatic carbocycles. The molecular weight excluding hydrogens is 258 g/mol. The summed E-state index contributed by atoms with van der Waals surface area (Å²) in [6, 6.07) is 8.45.